The van der Waals surface area contributed by atoms with E-state index in [2.05, 4.69) is 49.3 Å². The van der Waals surface area contributed by atoms with Crippen LogP contribution in [0, 0.1) is 0 Å². The molecule has 5 aromatic carbocycles. The first-order chi connectivity index (χ1) is 31.9. The van der Waals surface area contributed by atoms with E-state index in [4.69, 9.17) is 4.55 Å². The molecule has 1 heterocycles. The fraction of sp³-hybridized carbons (Fsp3) is 0.0857. The first-order valence-corrected chi connectivity index (χ1v) is 26.9. The van der Waals surface area contributed by atoms with Crippen LogP contribution in [0.4, 0.5) is 34.1 Å². The fourth-order valence-corrected chi connectivity index (χ4v) is 9.88. The largest absolute Gasteiger partial charge is 1.00 e. The van der Waals surface area contributed by atoms with Crippen molar-refractivity contribution in [3.63, 3.8) is 0 Å². The van der Waals surface area contributed by atoms with E-state index in [0.717, 1.165) is 55.5 Å². The van der Waals surface area contributed by atoms with Crippen molar-refractivity contribution < 1.29 is 230 Å². The third kappa shape index (κ3) is 19.6. The molecule has 28 nitrogen and oxygen atoms in total. The Hall–Kier alpha value is -1.70. The van der Waals surface area contributed by atoms with Gasteiger partial charge in [-0.1, -0.05) is 18.2 Å². The SMILES string of the molecule is CC([O-])=Nc1cc(N=c2[nH]c(=Nc3cccc(S(=O)(=O)CCOS(=O)(=O)O)c3)[nH]c(=Nc3cc(S(=O)(=O)[O-])ccc3S(=O)(=O)[O-])[nH]2)ccc1N=Nc1cc(S(=O)(=O)[O-])c2cccc(S(=O)(=O)[O-])c2c1.[Na+].[Na+].[Na+].[Na+].[Na+]. The molecule has 0 spiro atoms. The van der Waals surface area contributed by atoms with Gasteiger partial charge in [0.25, 0.3) is 0 Å². The number of azo groups is 1. The summed E-state index contributed by atoms with van der Waals surface area (Å²) in [6, 6.07) is 14.4. The molecule has 0 saturated heterocycles. The van der Waals surface area contributed by atoms with Crippen molar-refractivity contribution in [1.82, 2.24) is 15.0 Å². The Morgan fingerprint density at radius 1 is 0.514 bits per heavy atom. The molecule has 0 unspecified atom stereocenters. The monoisotopic (exact) mass is 1180 g/mol. The van der Waals surface area contributed by atoms with E-state index in [0.29, 0.717) is 18.2 Å². The summed E-state index contributed by atoms with van der Waals surface area (Å²) < 4.78 is 205. The van der Waals surface area contributed by atoms with Crippen LogP contribution in [0.1, 0.15) is 6.92 Å². The summed E-state index contributed by atoms with van der Waals surface area (Å²) >= 11 is 0. The maximum atomic E-state index is 12.9. The second-order valence-corrected chi connectivity index (χ2v) is 22.2. The zero-order valence-corrected chi connectivity index (χ0v) is 53.9. The van der Waals surface area contributed by atoms with Crippen molar-refractivity contribution >= 4 is 112 Å². The standard InChI is InChI=1S/C35H31N9O19S6.5Na/c1-19(45)36-28-16-21(8-10-27(28)44-43-22-15-26-25(32(17-22)68(57,58)59)6-3-7-30(26)66(51,52)53)38-34-40-33(37-20-4-2-5-23(14-20)64(46,47)13-12-63-69(60,61)62)41-35(42-34)39-29-18-24(65(48,49)50)9-11-31(29)67(54,55)56;;;;;/h2-11,14-18H,12-13H2,1H3,(H,36,45)(H,48,49,50)(H,51,52,53)(H,54,55,56)(H,57,58,59)(H,60,61,62)(H3,37,38,39,40,41,42);;;;;/q;5*+1/p-5. The van der Waals surface area contributed by atoms with Gasteiger partial charge in [0.2, 0.25) is 16.9 Å². The van der Waals surface area contributed by atoms with Crippen LogP contribution in [0.25, 0.3) is 10.8 Å². The maximum absolute atomic E-state index is 12.9. The molecule has 39 heteroatoms. The topological polar surface area (TPSA) is 471 Å². The summed E-state index contributed by atoms with van der Waals surface area (Å²) in [4.78, 5) is 19.8. The maximum Gasteiger partial charge on any atom is 1.00 e. The van der Waals surface area contributed by atoms with Gasteiger partial charge < -0.3 is 23.3 Å². The number of nitrogens with one attached hydrogen (secondary N) is 3. The van der Waals surface area contributed by atoms with E-state index in [1.165, 1.54) is 24.3 Å². The molecule has 74 heavy (non-hydrogen) atoms. The minimum absolute atomic E-state index is 0. The van der Waals surface area contributed by atoms with Crippen LogP contribution in [0.15, 0.2) is 146 Å². The molecule has 0 aliphatic rings. The van der Waals surface area contributed by atoms with Crippen LogP contribution in [-0.2, 0) is 64.9 Å². The van der Waals surface area contributed by atoms with Gasteiger partial charge >= 0.3 is 158 Å². The molecule has 0 atom stereocenters. The molecular formula is C35H26N9Na5O19S6. The number of rotatable bonds is 15. The van der Waals surface area contributed by atoms with E-state index < -0.39 is 142 Å². The van der Waals surface area contributed by atoms with Gasteiger partial charge in [0.15, 0.2) is 9.84 Å². The second kappa shape index (κ2) is 27.9. The van der Waals surface area contributed by atoms with Gasteiger partial charge in [-0.05, 0) is 85.6 Å². The van der Waals surface area contributed by atoms with Crippen molar-refractivity contribution in [2.75, 3.05) is 12.4 Å². The van der Waals surface area contributed by atoms with E-state index in [9.17, 15) is 73.8 Å². The fourth-order valence-electron chi connectivity index (χ4n) is 5.87. The molecule has 0 bridgehead atoms. The van der Waals surface area contributed by atoms with Gasteiger partial charge in [0.1, 0.15) is 46.2 Å². The number of sulfone groups is 1. The molecule has 0 radical (unpaired) electrons. The van der Waals surface area contributed by atoms with Crippen LogP contribution >= 0.6 is 0 Å². The van der Waals surface area contributed by atoms with Crippen LogP contribution in [-0.4, -0.2) is 106 Å². The third-order valence-electron chi connectivity index (χ3n) is 8.63. The van der Waals surface area contributed by atoms with Crippen molar-refractivity contribution in [2.24, 2.45) is 30.2 Å². The number of aromatic nitrogens is 3. The predicted molar refractivity (Wildman–Crippen MR) is 227 cm³/mol. The van der Waals surface area contributed by atoms with Crippen LogP contribution < -0.4 is 170 Å². The molecule has 366 valence electrons. The number of H-pyrrole nitrogens is 3. The van der Waals surface area contributed by atoms with Gasteiger partial charge in [0.05, 0.1) is 65.3 Å². The van der Waals surface area contributed by atoms with Crippen LogP contribution in [0.3, 0.4) is 0 Å². The first-order valence-electron chi connectivity index (χ1n) is 18.2. The summed E-state index contributed by atoms with van der Waals surface area (Å²) in [6.45, 7) is 0.0752. The number of benzene rings is 5. The Labute approximate surface area is 530 Å². The van der Waals surface area contributed by atoms with E-state index in [-0.39, 0.29) is 171 Å². The quantitative estimate of drug-likeness (QED) is 0.0244. The zero-order valence-electron chi connectivity index (χ0n) is 39.0. The molecule has 0 aliphatic heterocycles. The molecule has 0 fully saturated rings. The number of nitrogens with zero attached hydrogens (tertiary/aromatic N) is 6. The molecule has 0 saturated carbocycles. The Morgan fingerprint density at radius 3 is 1.61 bits per heavy atom. The molecule has 6 aromatic rings. The van der Waals surface area contributed by atoms with Gasteiger partial charge in [-0.15, -0.1) is 5.11 Å². The van der Waals surface area contributed by atoms with E-state index in [1.807, 2.05) is 0 Å². The summed E-state index contributed by atoms with van der Waals surface area (Å²) in [5.74, 6) is -1.73. The number of hydrogen-bond donors (Lipinski definition) is 4. The summed E-state index contributed by atoms with van der Waals surface area (Å²) in [7, 11) is -30.4. The van der Waals surface area contributed by atoms with Gasteiger partial charge in [-0.25, -0.2) is 61.2 Å². The van der Waals surface area contributed by atoms with Crippen LogP contribution in [0.5, 0.6) is 0 Å². The molecular weight excluding hydrogens is 1160 g/mol. The van der Waals surface area contributed by atoms with Gasteiger partial charge in [-0.3, -0.25) is 24.5 Å². The smallest absolute Gasteiger partial charge is 0.862 e. The number of fused-ring (bicyclic) bond motifs is 1. The Kier molecular flexibility index (Phi) is 26.5. The minimum Gasteiger partial charge on any atom is -0.862 e. The van der Waals surface area contributed by atoms with Crippen molar-refractivity contribution in [3.8, 4) is 0 Å². The predicted octanol–water partition coefficient (Wildman–Crippen LogP) is -14.4. The van der Waals surface area contributed by atoms with Crippen molar-refractivity contribution in [3.05, 3.63) is 108 Å². The average molecular weight is 1180 g/mol. The Bertz CT molecular complexity index is 4100. The molecule has 4 N–H and O–H groups in total. The first kappa shape index (κ1) is 70.3. The molecule has 0 amide bonds. The average Bonchev–Trinajstić information content (AvgIpc) is 3.20. The zero-order chi connectivity index (χ0) is 50.9. The van der Waals surface area contributed by atoms with E-state index >= 15 is 0 Å². The Morgan fingerprint density at radius 2 is 1.07 bits per heavy atom. The van der Waals surface area contributed by atoms with Gasteiger partial charge in [0, 0.05) is 10.8 Å². The Balaban J connectivity index is 0.00000548. The van der Waals surface area contributed by atoms with Crippen molar-refractivity contribution in [2.45, 2.75) is 31.4 Å². The molecule has 0 aliphatic carbocycles. The number of aliphatic imine (C=N–C) groups is 1. The normalized spacial score (nSPS) is 13.3. The molecule has 6 rings (SSSR count). The van der Waals surface area contributed by atoms with Gasteiger partial charge in [-0.2, -0.15) is 13.5 Å². The number of hydrogen-bond acceptors (Lipinski definition) is 24. The summed E-state index contributed by atoms with van der Waals surface area (Å²) in [5, 5.41) is 19.2. The number of aromatic amines is 3. The minimum atomic E-state index is -5.40. The van der Waals surface area contributed by atoms with E-state index in [1.54, 1.807) is 0 Å². The summed E-state index contributed by atoms with van der Waals surface area (Å²) in [6.07, 6.45) is 0. The third-order valence-corrected chi connectivity index (χ3v) is 14.3. The molecule has 1 aromatic heterocycles. The second-order valence-electron chi connectivity index (χ2n) is 13.6. The van der Waals surface area contributed by atoms with Crippen LogP contribution in [0.2, 0.25) is 0 Å². The summed E-state index contributed by atoms with van der Waals surface area (Å²) in [5.41, 5.74) is -3.46. The van der Waals surface area contributed by atoms with Crippen molar-refractivity contribution in [1.29, 1.82) is 0 Å².